The standard InChI is InChI=1S/C26H18N2.2B/c1-3-9-19-17(7-1)15-23-21(19)11-5-13-25(23)27-28-26-14-6-12-22-20-10-4-2-8-18(20)16-24(22)26;;/h1-14H,15-16H2;;. The summed E-state index contributed by atoms with van der Waals surface area (Å²) in [4.78, 5) is 0. The number of hydrogen-bond donors (Lipinski definition) is 0. The molecule has 4 aromatic rings. The van der Waals surface area contributed by atoms with Crippen LogP contribution in [-0.2, 0) is 12.8 Å². The Morgan fingerprint density at radius 2 is 0.833 bits per heavy atom. The van der Waals surface area contributed by atoms with Crippen LogP contribution in [0.25, 0.3) is 22.3 Å². The molecule has 0 aromatic heterocycles. The van der Waals surface area contributed by atoms with Crippen molar-refractivity contribution in [2.45, 2.75) is 12.8 Å². The highest BCUT2D eigenvalue weighted by atomic mass is 15.1. The van der Waals surface area contributed by atoms with Crippen LogP contribution in [0.3, 0.4) is 0 Å². The molecule has 6 radical (unpaired) electrons. The Bertz CT molecular complexity index is 1180. The molecule has 2 aliphatic rings. The van der Waals surface area contributed by atoms with Crippen LogP contribution >= 0.6 is 0 Å². The lowest BCUT2D eigenvalue weighted by Gasteiger charge is -2.05. The zero-order valence-corrected chi connectivity index (χ0v) is 16.5. The van der Waals surface area contributed by atoms with Crippen molar-refractivity contribution in [1.82, 2.24) is 0 Å². The third-order valence-electron chi connectivity index (χ3n) is 5.92. The fraction of sp³-hybridized carbons (Fsp3) is 0.0769. The predicted molar refractivity (Wildman–Crippen MR) is 125 cm³/mol. The topological polar surface area (TPSA) is 24.7 Å². The van der Waals surface area contributed by atoms with Crippen LogP contribution in [0.5, 0.6) is 0 Å². The molecule has 0 N–H and O–H groups in total. The molecule has 6 rings (SSSR count). The van der Waals surface area contributed by atoms with Gasteiger partial charge in [-0.25, -0.2) is 0 Å². The third-order valence-corrected chi connectivity index (χ3v) is 5.92. The molecule has 2 aliphatic carbocycles. The van der Waals surface area contributed by atoms with E-state index in [4.69, 9.17) is 10.2 Å². The Labute approximate surface area is 180 Å². The maximum atomic E-state index is 4.70. The molecule has 4 heteroatoms. The monoisotopic (exact) mass is 380 g/mol. The van der Waals surface area contributed by atoms with Crippen molar-refractivity contribution >= 4 is 28.2 Å². The van der Waals surface area contributed by atoms with Crippen molar-refractivity contribution in [2.75, 3.05) is 0 Å². The summed E-state index contributed by atoms with van der Waals surface area (Å²) < 4.78 is 0. The van der Waals surface area contributed by atoms with Gasteiger partial charge in [0.2, 0.25) is 0 Å². The second kappa shape index (κ2) is 7.79. The molecule has 4 aromatic carbocycles. The van der Waals surface area contributed by atoms with E-state index in [9.17, 15) is 0 Å². The number of benzene rings is 4. The van der Waals surface area contributed by atoms with E-state index >= 15 is 0 Å². The molecule has 0 spiro atoms. The zero-order chi connectivity index (χ0) is 18.5. The molecule has 0 amide bonds. The molecule has 0 atom stereocenters. The van der Waals surface area contributed by atoms with Gasteiger partial charge in [-0.1, -0.05) is 72.8 Å². The molecule has 0 saturated heterocycles. The minimum absolute atomic E-state index is 0. The summed E-state index contributed by atoms with van der Waals surface area (Å²) in [6.07, 6.45) is 1.86. The Kier molecular flexibility index (Phi) is 5.17. The first-order valence-corrected chi connectivity index (χ1v) is 9.70. The maximum Gasteiger partial charge on any atom is 0.0898 e. The molecule has 2 nitrogen and oxygen atoms in total. The van der Waals surface area contributed by atoms with E-state index in [-0.39, 0.29) is 16.8 Å². The van der Waals surface area contributed by atoms with Crippen LogP contribution in [0.1, 0.15) is 22.3 Å². The first-order chi connectivity index (χ1) is 13.9. The first-order valence-electron chi connectivity index (χ1n) is 9.70. The number of azo groups is 1. The zero-order valence-electron chi connectivity index (χ0n) is 16.5. The maximum absolute atomic E-state index is 4.70. The average molecular weight is 380 g/mol. The largest absolute Gasteiger partial charge is 0.150 e. The summed E-state index contributed by atoms with van der Waals surface area (Å²) in [6.45, 7) is 0. The first kappa shape index (κ1) is 19.9. The summed E-state index contributed by atoms with van der Waals surface area (Å²) in [7, 11) is 0. The molecule has 0 bridgehead atoms. The fourth-order valence-electron chi connectivity index (χ4n) is 4.58. The summed E-state index contributed by atoms with van der Waals surface area (Å²) in [6, 6.07) is 29.9. The Morgan fingerprint density at radius 1 is 0.433 bits per heavy atom. The van der Waals surface area contributed by atoms with Crippen LogP contribution in [0, 0.1) is 0 Å². The SMILES string of the molecule is [B].[B].c1ccc2c(c1)Cc1c(N=Nc3cccc4c3Cc3ccccc3-4)cccc1-2. The average Bonchev–Trinajstić information content (AvgIpc) is 3.31. The van der Waals surface area contributed by atoms with Gasteiger partial charge in [0.05, 0.1) is 11.4 Å². The molecular formula is C26H18B2N2. The van der Waals surface area contributed by atoms with E-state index < -0.39 is 0 Å². The normalized spacial score (nSPS) is 12.4. The van der Waals surface area contributed by atoms with Gasteiger partial charge in [-0.05, 0) is 56.6 Å². The van der Waals surface area contributed by atoms with E-state index in [0.29, 0.717) is 0 Å². The van der Waals surface area contributed by atoms with Gasteiger partial charge in [0.1, 0.15) is 0 Å². The summed E-state index contributed by atoms with van der Waals surface area (Å²) in [5, 5.41) is 9.39. The smallest absolute Gasteiger partial charge is 0.0898 e. The molecular weight excluding hydrogens is 362 g/mol. The van der Waals surface area contributed by atoms with Crippen molar-refractivity contribution < 1.29 is 0 Å². The Hall–Kier alpha value is -3.39. The molecule has 0 aliphatic heterocycles. The minimum Gasteiger partial charge on any atom is -0.150 e. The molecule has 30 heavy (non-hydrogen) atoms. The second-order valence-electron chi connectivity index (χ2n) is 7.47. The van der Waals surface area contributed by atoms with E-state index in [1.165, 1.54) is 44.5 Å². The summed E-state index contributed by atoms with van der Waals surface area (Å²) in [5.41, 5.74) is 12.5. The lowest BCUT2D eigenvalue weighted by molar-refractivity contribution is 1.15. The van der Waals surface area contributed by atoms with E-state index in [0.717, 1.165) is 24.2 Å². The van der Waals surface area contributed by atoms with E-state index in [1.54, 1.807) is 0 Å². The van der Waals surface area contributed by atoms with Gasteiger partial charge < -0.3 is 0 Å². The predicted octanol–water partition coefficient (Wildman–Crippen LogP) is 6.48. The van der Waals surface area contributed by atoms with Gasteiger partial charge in [0, 0.05) is 29.7 Å². The third kappa shape index (κ3) is 3.00. The van der Waals surface area contributed by atoms with Gasteiger partial charge in [-0.3, -0.25) is 0 Å². The highest BCUT2D eigenvalue weighted by Crippen LogP contribution is 2.43. The Balaban J connectivity index is 0.00000109. The van der Waals surface area contributed by atoms with Gasteiger partial charge in [-0.15, -0.1) is 0 Å². The number of rotatable bonds is 2. The highest BCUT2D eigenvalue weighted by Gasteiger charge is 2.22. The fourth-order valence-corrected chi connectivity index (χ4v) is 4.58. The molecule has 0 saturated carbocycles. The van der Waals surface area contributed by atoms with Gasteiger partial charge in [0.15, 0.2) is 0 Å². The molecule has 0 unspecified atom stereocenters. The Morgan fingerprint density at radius 3 is 1.30 bits per heavy atom. The van der Waals surface area contributed by atoms with Crippen LogP contribution in [0.2, 0.25) is 0 Å². The van der Waals surface area contributed by atoms with Crippen molar-refractivity contribution in [3.8, 4) is 22.3 Å². The lowest BCUT2D eigenvalue weighted by atomic mass is 10.1. The van der Waals surface area contributed by atoms with E-state index in [2.05, 4.69) is 84.9 Å². The van der Waals surface area contributed by atoms with Crippen molar-refractivity contribution in [3.63, 3.8) is 0 Å². The van der Waals surface area contributed by atoms with Gasteiger partial charge in [0.25, 0.3) is 0 Å². The van der Waals surface area contributed by atoms with Gasteiger partial charge >= 0.3 is 0 Å². The number of fused-ring (bicyclic) bond motifs is 6. The van der Waals surface area contributed by atoms with Gasteiger partial charge in [-0.2, -0.15) is 10.2 Å². The van der Waals surface area contributed by atoms with Crippen molar-refractivity contribution in [1.29, 1.82) is 0 Å². The number of hydrogen-bond acceptors (Lipinski definition) is 2. The van der Waals surface area contributed by atoms with E-state index in [1.807, 2.05) is 0 Å². The van der Waals surface area contributed by atoms with Crippen LogP contribution in [0.15, 0.2) is 95.2 Å². The lowest BCUT2D eigenvalue weighted by Crippen LogP contribution is -1.83. The summed E-state index contributed by atoms with van der Waals surface area (Å²) >= 11 is 0. The molecule has 138 valence electrons. The summed E-state index contributed by atoms with van der Waals surface area (Å²) in [5.74, 6) is 0. The highest BCUT2D eigenvalue weighted by molar-refractivity contribution is 5.82. The van der Waals surface area contributed by atoms with Crippen molar-refractivity contribution in [2.24, 2.45) is 10.2 Å². The number of nitrogens with zero attached hydrogens (tertiary/aromatic N) is 2. The molecule has 0 heterocycles. The van der Waals surface area contributed by atoms with Crippen molar-refractivity contribution in [3.05, 3.63) is 107 Å². The molecule has 0 fully saturated rings. The van der Waals surface area contributed by atoms with Crippen LogP contribution in [-0.4, -0.2) is 16.8 Å². The van der Waals surface area contributed by atoms with Crippen LogP contribution in [0.4, 0.5) is 11.4 Å². The van der Waals surface area contributed by atoms with Crippen LogP contribution < -0.4 is 0 Å². The second-order valence-corrected chi connectivity index (χ2v) is 7.47. The minimum atomic E-state index is 0. The quantitative estimate of drug-likeness (QED) is 0.243.